The minimum absolute atomic E-state index is 0.0222. The Morgan fingerprint density at radius 3 is 2.24 bits per heavy atom. The second kappa shape index (κ2) is 7.50. The van der Waals surface area contributed by atoms with Crippen LogP contribution in [0.25, 0.3) is 0 Å². The minimum Gasteiger partial charge on any atom is -0.478 e. The Kier molecular flexibility index (Phi) is 4.88. The molecule has 0 radical (unpaired) electrons. The quantitative estimate of drug-likeness (QED) is 0.777. The number of nitrogens with zero attached hydrogens (tertiary/aromatic N) is 1. The van der Waals surface area contributed by atoms with E-state index in [2.05, 4.69) is 5.32 Å². The predicted octanol–water partition coefficient (Wildman–Crippen LogP) is 3.32. The van der Waals surface area contributed by atoms with Crippen molar-refractivity contribution in [1.82, 2.24) is 0 Å². The van der Waals surface area contributed by atoms with Gasteiger partial charge in [0.05, 0.1) is 28.8 Å². The van der Waals surface area contributed by atoms with E-state index in [9.17, 15) is 24.3 Å². The number of carboxylic acid groups (broad SMARTS) is 1. The van der Waals surface area contributed by atoms with E-state index < -0.39 is 11.9 Å². The lowest BCUT2D eigenvalue weighted by Crippen LogP contribution is -2.31. The van der Waals surface area contributed by atoms with Crippen molar-refractivity contribution in [2.75, 3.05) is 10.2 Å². The van der Waals surface area contributed by atoms with Gasteiger partial charge in [0.15, 0.2) is 0 Å². The van der Waals surface area contributed by atoms with Crippen LogP contribution in [0.15, 0.2) is 48.5 Å². The number of amides is 3. The minimum atomic E-state index is -1.15. The molecule has 148 valence electrons. The molecule has 0 bridgehead atoms. The molecule has 1 saturated heterocycles. The fourth-order valence-electron chi connectivity index (χ4n) is 4.18. The first-order chi connectivity index (χ1) is 14.0. The molecule has 3 amide bonds. The highest BCUT2D eigenvalue weighted by molar-refractivity contribution is 6.22. The molecule has 1 heterocycles. The number of carboxylic acids is 1. The van der Waals surface area contributed by atoms with Crippen LogP contribution < -0.4 is 10.2 Å². The van der Waals surface area contributed by atoms with Crippen LogP contribution in [0.1, 0.15) is 46.4 Å². The molecule has 4 rings (SSSR count). The number of rotatable bonds is 4. The highest BCUT2D eigenvalue weighted by atomic mass is 16.4. The number of aromatic carboxylic acids is 1. The van der Waals surface area contributed by atoms with E-state index in [1.807, 2.05) is 0 Å². The van der Waals surface area contributed by atoms with Crippen molar-refractivity contribution in [1.29, 1.82) is 0 Å². The molecule has 2 aromatic rings. The Balaban J connectivity index is 1.59. The average Bonchev–Trinajstić information content (AvgIpc) is 2.99. The van der Waals surface area contributed by atoms with Gasteiger partial charge in [0, 0.05) is 5.56 Å². The number of benzene rings is 2. The summed E-state index contributed by atoms with van der Waals surface area (Å²) < 4.78 is 0. The highest BCUT2D eigenvalue weighted by Gasteiger charge is 2.48. The van der Waals surface area contributed by atoms with Crippen LogP contribution in [-0.2, 0) is 9.59 Å². The van der Waals surface area contributed by atoms with Crippen molar-refractivity contribution in [3.8, 4) is 0 Å². The van der Waals surface area contributed by atoms with Gasteiger partial charge in [-0.05, 0) is 43.2 Å². The number of anilines is 2. The van der Waals surface area contributed by atoms with Crippen LogP contribution in [-0.4, -0.2) is 28.8 Å². The fourth-order valence-corrected chi connectivity index (χ4v) is 4.18. The number of carbonyl (C=O) groups excluding carboxylic acids is 3. The fraction of sp³-hybridized carbons (Fsp3) is 0.273. The van der Waals surface area contributed by atoms with Crippen LogP contribution in [0.3, 0.4) is 0 Å². The second-order valence-corrected chi connectivity index (χ2v) is 7.36. The van der Waals surface area contributed by atoms with E-state index in [-0.39, 0.29) is 40.5 Å². The molecule has 1 aliphatic heterocycles. The van der Waals surface area contributed by atoms with Gasteiger partial charge in [-0.15, -0.1) is 0 Å². The number of para-hydroxylation sites is 1. The molecule has 0 unspecified atom stereocenters. The SMILES string of the molecule is O=C(Nc1ccccc1C(=O)O)c1cccc(N2C(=O)[C@@H]3CCCC[C@H]3C2=O)c1. The van der Waals surface area contributed by atoms with Crippen molar-refractivity contribution < 1.29 is 24.3 Å². The van der Waals surface area contributed by atoms with Crippen molar-refractivity contribution in [3.05, 3.63) is 59.7 Å². The Morgan fingerprint density at radius 1 is 0.931 bits per heavy atom. The lowest BCUT2D eigenvalue weighted by atomic mass is 9.81. The van der Waals surface area contributed by atoms with Gasteiger partial charge >= 0.3 is 5.97 Å². The summed E-state index contributed by atoms with van der Waals surface area (Å²) in [4.78, 5) is 50.8. The molecule has 2 fully saturated rings. The van der Waals surface area contributed by atoms with Crippen LogP contribution in [0, 0.1) is 11.8 Å². The van der Waals surface area contributed by atoms with Gasteiger partial charge in [0.1, 0.15) is 0 Å². The summed E-state index contributed by atoms with van der Waals surface area (Å²) >= 11 is 0. The maximum atomic E-state index is 12.8. The molecule has 2 aliphatic rings. The molecule has 2 N–H and O–H groups in total. The summed E-state index contributed by atoms with van der Waals surface area (Å²) in [5, 5.41) is 11.9. The molecule has 7 heteroatoms. The van der Waals surface area contributed by atoms with Crippen molar-refractivity contribution in [3.63, 3.8) is 0 Å². The maximum absolute atomic E-state index is 12.8. The predicted molar refractivity (Wildman–Crippen MR) is 106 cm³/mol. The van der Waals surface area contributed by atoms with E-state index in [4.69, 9.17) is 0 Å². The van der Waals surface area contributed by atoms with E-state index in [0.29, 0.717) is 5.69 Å². The Hall–Kier alpha value is -3.48. The number of fused-ring (bicyclic) bond motifs is 1. The molecule has 2 aromatic carbocycles. The Labute approximate surface area is 167 Å². The van der Waals surface area contributed by atoms with E-state index >= 15 is 0 Å². The summed E-state index contributed by atoms with van der Waals surface area (Å²) in [7, 11) is 0. The molecular formula is C22H20N2O5. The third kappa shape index (κ3) is 3.40. The van der Waals surface area contributed by atoms with E-state index in [0.717, 1.165) is 25.7 Å². The first-order valence-corrected chi connectivity index (χ1v) is 9.59. The summed E-state index contributed by atoms with van der Waals surface area (Å²) in [6.07, 6.45) is 3.33. The zero-order chi connectivity index (χ0) is 20.5. The van der Waals surface area contributed by atoms with Crippen molar-refractivity contribution in [2.45, 2.75) is 25.7 Å². The zero-order valence-corrected chi connectivity index (χ0v) is 15.6. The van der Waals surface area contributed by atoms with E-state index in [1.54, 1.807) is 30.3 Å². The monoisotopic (exact) mass is 392 g/mol. The van der Waals surface area contributed by atoms with Gasteiger partial charge < -0.3 is 10.4 Å². The maximum Gasteiger partial charge on any atom is 0.337 e. The molecule has 29 heavy (non-hydrogen) atoms. The first-order valence-electron chi connectivity index (χ1n) is 9.59. The lowest BCUT2D eigenvalue weighted by Gasteiger charge is -2.19. The van der Waals surface area contributed by atoms with Crippen LogP contribution >= 0.6 is 0 Å². The third-order valence-corrected chi connectivity index (χ3v) is 5.61. The van der Waals surface area contributed by atoms with Crippen molar-refractivity contribution in [2.24, 2.45) is 11.8 Å². The van der Waals surface area contributed by atoms with Gasteiger partial charge in [0.25, 0.3) is 5.91 Å². The Morgan fingerprint density at radius 2 is 1.59 bits per heavy atom. The average molecular weight is 392 g/mol. The Bertz CT molecular complexity index is 992. The highest BCUT2D eigenvalue weighted by Crippen LogP contribution is 2.40. The summed E-state index contributed by atoms with van der Waals surface area (Å²) in [5.41, 5.74) is 0.757. The van der Waals surface area contributed by atoms with Gasteiger partial charge in [-0.1, -0.05) is 31.0 Å². The van der Waals surface area contributed by atoms with E-state index in [1.165, 1.54) is 23.1 Å². The van der Waals surface area contributed by atoms with Gasteiger partial charge in [-0.3, -0.25) is 19.3 Å². The smallest absolute Gasteiger partial charge is 0.337 e. The summed E-state index contributed by atoms with van der Waals surface area (Å²) in [5.74, 6) is -2.60. The number of carbonyl (C=O) groups is 4. The van der Waals surface area contributed by atoms with Crippen LogP contribution in [0.5, 0.6) is 0 Å². The molecule has 2 atom stereocenters. The molecule has 1 saturated carbocycles. The first kappa shape index (κ1) is 18.9. The second-order valence-electron chi connectivity index (χ2n) is 7.36. The number of hydrogen-bond donors (Lipinski definition) is 2. The lowest BCUT2D eigenvalue weighted by molar-refractivity contribution is -0.122. The number of imide groups is 1. The molecule has 0 spiro atoms. The van der Waals surface area contributed by atoms with Gasteiger partial charge in [-0.25, -0.2) is 4.79 Å². The number of hydrogen-bond acceptors (Lipinski definition) is 4. The topological polar surface area (TPSA) is 104 Å². The zero-order valence-electron chi connectivity index (χ0n) is 15.6. The summed E-state index contributed by atoms with van der Waals surface area (Å²) in [6.45, 7) is 0. The van der Waals surface area contributed by atoms with Gasteiger partial charge in [-0.2, -0.15) is 0 Å². The molecule has 0 aromatic heterocycles. The van der Waals surface area contributed by atoms with Gasteiger partial charge in [0.2, 0.25) is 11.8 Å². The van der Waals surface area contributed by atoms with Crippen molar-refractivity contribution >= 4 is 35.1 Å². The number of nitrogens with one attached hydrogen (secondary N) is 1. The largest absolute Gasteiger partial charge is 0.478 e. The van der Waals surface area contributed by atoms with Crippen LogP contribution in [0.2, 0.25) is 0 Å². The summed E-state index contributed by atoms with van der Waals surface area (Å²) in [6, 6.07) is 12.4. The standard InChI is InChI=1S/C22H20N2O5/c25-19(23-18-11-4-3-10-17(18)22(28)29)13-6-5-7-14(12-13)24-20(26)15-8-1-2-9-16(15)21(24)27/h3-7,10-12,15-16H,1-2,8-9H2,(H,23,25)(H,28,29)/t15-,16-/m1/s1. The molecule has 7 nitrogen and oxygen atoms in total. The molecule has 1 aliphatic carbocycles. The van der Waals surface area contributed by atoms with Crippen LogP contribution in [0.4, 0.5) is 11.4 Å². The normalized spacial score (nSPS) is 21.0. The molecular weight excluding hydrogens is 372 g/mol. The third-order valence-electron chi connectivity index (χ3n) is 5.61.